The molecule has 1 rings (SSSR count). The Kier molecular flexibility index (Phi) is 5.80. The zero-order chi connectivity index (χ0) is 15.8. The number of nitrogens with one attached hydrogen (secondary N) is 1. The van der Waals surface area contributed by atoms with E-state index in [9.17, 15) is 19.7 Å². The molecule has 0 fully saturated rings. The molecule has 1 aromatic rings. The Bertz CT molecular complexity index is 584. The SMILES string of the molecule is COC(=O)CC(=NNc1ccccc1[N+](=O)[O-])C(=O)OC. The smallest absolute Gasteiger partial charge is 0.354 e. The zero-order valence-corrected chi connectivity index (χ0v) is 11.4. The van der Waals surface area contributed by atoms with Gasteiger partial charge in [-0.3, -0.25) is 20.3 Å². The number of nitrogens with zero attached hydrogens (tertiary/aromatic N) is 2. The predicted octanol–water partition coefficient (Wildman–Crippen LogP) is 1.10. The number of carbonyl (C=O) groups is 2. The average Bonchev–Trinajstić information content (AvgIpc) is 2.50. The molecule has 0 radical (unpaired) electrons. The highest BCUT2D eigenvalue weighted by molar-refractivity contribution is 6.39. The second-order valence-electron chi connectivity index (χ2n) is 3.69. The minimum absolute atomic E-state index is 0.0776. The number of benzene rings is 1. The van der Waals surface area contributed by atoms with Gasteiger partial charge in [0.05, 0.1) is 25.6 Å². The van der Waals surface area contributed by atoms with Gasteiger partial charge in [0.25, 0.3) is 5.69 Å². The first-order valence-electron chi connectivity index (χ1n) is 5.70. The topological polar surface area (TPSA) is 120 Å². The fraction of sp³-hybridized carbons (Fsp3) is 0.250. The highest BCUT2D eigenvalue weighted by atomic mass is 16.6. The van der Waals surface area contributed by atoms with E-state index in [0.717, 1.165) is 14.2 Å². The molecule has 112 valence electrons. The molecule has 0 spiro atoms. The number of methoxy groups -OCH3 is 2. The van der Waals surface area contributed by atoms with Crippen LogP contribution in [0, 0.1) is 10.1 Å². The molecule has 9 nitrogen and oxygen atoms in total. The first-order chi connectivity index (χ1) is 9.99. The molecule has 1 N–H and O–H groups in total. The van der Waals surface area contributed by atoms with E-state index < -0.39 is 23.3 Å². The molecule has 0 aliphatic rings. The van der Waals surface area contributed by atoms with Gasteiger partial charge < -0.3 is 9.47 Å². The second-order valence-corrected chi connectivity index (χ2v) is 3.69. The van der Waals surface area contributed by atoms with E-state index in [1.54, 1.807) is 6.07 Å². The van der Waals surface area contributed by atoms with Crippen molar-refractivity contribution in [3.05, 3.63) is 34.4 Å². The van der Waals surface area contributed by atoms with Crippen LogP contribution in [0.15, 0.2) is 29.4 Å². The van der Waals surface area contributed by atoms with Crippen molar-refractivity contribution in [2.45, 2.75) is 6.42 Å². The van der Waals surface area contributed by atoms with Gasteiger partial charge in [-0.15, -0.1) is 0 Å². The molecule has 0 aromatic heterocycles. The first kappa shape index (κ1) is 16.1. The third-order valence-electron chi connectivity index (χ3n) is 2.37. The Hall–Kier alpha value is -2.97. The molecular weight excluding hydrogens is 282 g/mol. The van der Waals surface area contributed by atoms with E-state index in [1.165, 1.54) is 18.2 Å². The number of hydrogen-bond donors (Lipinski definition) is 1. The van der Waals surface area contributed by atoms with Crippen molar-refractivity contribution in [1.29, 1.82) is 0 Å². The molecule has 0 aliphatic heterocycles. The number of anilines is 1. The molecule has 0 saturated heterocycles. The van der Waals surface area contributed by atoms with Gasteiger partial charge in [0, 0.05) is 6.07 Å². The largest absolute Gasteiger partial charge is 0.469 e. The zero-order valence-electron chi connectivity index (χ0n) is 11.4. The Balaban J connectivity index is 3.00. The van der Waals surface area contributed by atoms with Crippen LogP contribution in [-0.2, 0) is 19.1 Å². The van der Waals surface area contributed by atoms with E-state index in [-0.39, 0.29) is 17.1 Å². The van der Waals surface area contributed by atoms with Crippen molar-refractivity contribution in [1.82, 2.24) is 0 Å². The molecule has 9 heteroatoms. The Morgan fingerprint density at radius 2 is 1.95 bits per heavy atom. The molecule has 0 atom stereocenters. The Morgan fingerprint density at radius 1 is 1.29 bits per heavy atom. The van der Waals surface area contributed by atoms with Crippen LogP contribution in [0.4, 0.5) is 11.4 Å². The van der Waals surface area contributed by atoms with Crippen LogP contribution in [0.3, 0.4) is 0 Å². The fourth-order valence-electron chi connectivity index (χ4n) is 1.34. The number of rotatable bonds is 6. The number of para-hydroxylation sites is 2. The average molecular weight is 295 g/mol. The lowest BCUT2D eigenvalue weighted by atomic mass is 10.2. The maximum Gasteiger partial charge on any atom is 0.354 e. The number of nitro groups is 1. The highest BCUT2D eigenvalue weighted by Crippen LogP contribution is 2.23. The van der Waals surface area contributed by atoms with Crippen LogP contribution in [-0.4, -0.2) is 36.8 Å². The summed E-state index contributed by atoms with van der Waals surface area (Å²) in [4.78, 5) is 32.9. The van der Waals surface area contributed by atoms with Crippen molar-refractivity contribution in [3.63, 3.8) is 0 Å². The number of nitro benzene ring substituents is 1. The van der Waals surface area contributed by atoms with Gasteiger partial charge in [-0.2, -0.15) is 5.10 Å². The third kappa shape index (κ3) is 4.56. The van der Waals surface area contributed by atoms with Crippen LogP contribution < -0.4 is 5.43 Å². The van der Waals surface area contributed by atoms with Crippen LogP contribution in [0.5, 0.6) is 0 Å². The van der Waals surface area contributed by atoms with Crippen molar-refractivity contribution >= 4 is 29.0 Å². The maximum atomic E-state index is 11.5. The van der Waals surface area contributed by atoms with Gasteiger partial charge in [0.2, 0.25) is 0 Å². The molecule has 0 saturated carbocycles. The second kappa shape index (κ2) is 7.58. The standard InChI is InChI=1S/C12H13N3O6/c1-20-11(16)7-9(12(17)21-2)14-13-8-5-3-4-6-10(8)15(18)19/h3-6,13H,7H2,1-2H3. The lowest BCUT2D eigenvalue weighted by Gasteiger charge is -2.05. The molecule has 0 amide bonds. The number of carbonyl (C=O) groups excluding carboxylic acids is 2. The summed E-state index contributed by atoms with van der Waals surface area (Å²) in [7, 11) is 2.28. The summed E-state index contributed by atoms with van der Waals surface area (Å²) >= 11 is 0. The van der Waals surface area contributed by atoms with Crippen molar-refractivity contribution < 1.29 is 24.0 Å². The van der Waals surface area contributed by atoms with Crippen LogP contribution in [0.2, 0.25) is 0 Å². The minimum atomic E-state index is -0.841. The number of hydrazone groups is 1. The normalized spacial score (nSPS) is 10.7. The molecule has 0 unspecified atom stereocenters. The van der Waals surface area contributed by atoms with Gasteiger partial charge in [0.15, 0.2) is 5.71 Å². The number of esters is 2. The lowest BCUT2D eigenvalue weighted by molar-refractivity contribution is -0.384. The van der Waals surface area contributed by atoms with Crippen molar-refractivity contribution in [2.75, 3.05) is 19.6 Å². The quantitative estimate of drug-likeness (QED) is 0.361. The Morgan fingerprint density at radius 3 is 2.52 bits per heavy atom. The van der Waals surface area contributed by atoms with Gasteiger partial charge >= 0.3 is 11.9 Å². The first-order valence-corrected chi connectivity index (χ1v) is 5.70. The number of ether oxygens (including phenoxy) is 2. The van der Waals surface area contributed by atoms with Crippen molar-refractivity contribution in [3.8, 4) is 0 Å². The minimum Gasteiger partial charge on any atom is -0.469 e. The van der Waals surface area contributed by atoms with E-state index >= 15 is 0 Å². The molecule has 21 heavy (non-hydrogen) atoms. The highest BCUT2D eigenvalue weighted by Gasteiger charge is 2.18. The summed E-state index contributed by atoms with van der Waals surface area (Å²) in [5.41, 5.74) is 1.97. The summed E-state index contributed by atoms with van der Waals surface area (Å²) in [5.74, 6) is -1.53. The Labute approximate surface area is 119 Å². The fourth-order valence-corrected chi connectivity index (χ4v) is 1.34. The van der Waals surface area contributed by atoms with Gasteiger partial charge in [0.1, 0.15) is 5.69 Å². The summed E-state index contributed by atoms with van der Waals surface area (Å²) < 4.78 is 8.90. The summed E-state index contributed by atoms with van der Waals surface area (Å²) in [6.07, 6.45) is -0.420. The molecule has 0 heterocycles. The van der Waals surface area contributed by atoms with E-state index in [1.807, 2.05) is 0 Å². The van der Waals surface area contributed by atoms with Gasteiger partial charge in [-0.1, -0.05) is 12.1 Å². The van der Waals surface area contributed by atoms with Gasteiger partial charge in [-0.05, 0) is 6.07 Å². The lowest BCUT2D eigenvalue weighted by Crippen LogP contribution is -2.21. The van der Waals surface area contributed by atoms with Crippen LogP contribution >= 0.6 is 0 Å². The number of hydrogen-bond acceptors (Lipinski definition) is 8. The molecule has 0 aliphatic carbocycles. The van der Waals surface area contributed by atoms with E-state index in [4.69, 9.17) is 0 Å². The van der Waals surface area contributed by atoms with Crippen molar-refractivity contribution in [2.24, 2.45) is 5.10 Å². The van der Waals surface area contributed by atoms with Gasteiger partial charge in [-0.25, -0.2) is 4.79 Å². The summed E-state index contributed by atoms with van der Waals surface area (Å²) in [6.45, 7) is 0. The molecular formula is C12H13N3O6. The van der Waals surface area contributed by atoms with E-state index in [0.29, 0.717) is 0 Å². The summed E-state index contributed by atoms with van der Waals surface area (Å²) in [5, 5.41) is 14.5. The van der Waals surface area contributed by atoms with Crippen LogP contribution in [0.1, 0.15) is 6.42 Å². The monoisotopic (exact) mass is 295 g/mol. The van der Waals surface area contributed by atoms with Crippen LogP contribution in [0.25, 0.3) is 0 Å². The maximum absolute atomic E-state index is 11.5. The summed E-state index contributed by atoms with van der Waals surface area (Å²) in [6, 6.07) is 5.73. The molecule has 1 aromatic carbocycles. The predicted molar refractivity (Wildman–Crippen MR) is 72.8 cm³/mol. The third-order valence-corrected chi connectivity index (χ3v) is 2.37. The molecule has 0 bridgehead atoms. The van der Waals surface area contributed by atoms with E-state index in [2.05, 4.69) is 20.0 Å².